The lowest BCUT2D eigenvalue weighted by Gasteiger charge is -2.09. The largest absolute Gasteiger partial charge is 0.478 e. The highest BCUT2D eigenvalue weighted by Gasteiger charge is 2.17. The number of hydrogen-bond acceptors (Lipinski definition) is 3. The summed E-state index contributed by atoms with van der Waals surface area (Å²) in [5.41, 5.74) is 2.58. The molecule has 0 fully saturated rings. The first-order valence-corrected chi connectivity index (χ1v) is 6.40. The van der Waals surface area contributed by atoms with Gasteiger partial charge in [-0.15, -0.1) is 0 Å². The maximum absolute atomic E-state index is 11.5. The Morgan fingerprint density at radius 3 is 2.55 bits per heavy atom. The van der Waals surface area contributed by atoms with Gasteiger partial charge in [0.15, 0.2) is 0 Å². The minimum Gasteiger partial charge on any atom is -0.478 e. The first kappa shape index (κ1) is 14.1. The van der Waals surface area contributed by atoms with E-state index in [2.05, 4.69) is 4.74 Å². The van der Waals surface area contributed by atoms with Crippen molar-refractivity contribution in [3.63, 3.8) is 0 Å². The van der Waals surface area contributed by atoms with Crippen LogP contribution in [0, 0.1) is 6.92 Å². The molecule has 0 aliphatic heterocycles. The molecule has 2 rings (SSSR count). The minimum atomic E-state index is -0.991. The van der Waals surface area contributed by atoms with E-state index in [9.17, 15) is 14.7 Å². The third-order valence-corrected chi connectivity index (χ3v) is 3.41. The minimum absolute atomic E-state index is 0.0115. The number of esters is 1. The van der Waals surface area contributed by atoms with E-state index in [0.717, 1.165) is 23.1 Å². The van der Waals surface area contributed by atoms with Crippen LogP contribution in [0.3, 0.4) is 0 Å². The van der Waals surface area contributed by atoms with Gasteiger partial charge in [0.1, 0.15) is 6.54 Å². The number of benzene rings is 1. The number of carbonyl (C=O) groups is 2. The lowest BCUT2D eigenvalue weighted by molar-refractivity contribution is -0.141. The van der Waals surface area contributed by atoms with Crippen LogP contribution < -0.4 is 0 Å². The fourth-order valence-corrected chi connectivity index (χ4v) is 2.37. The zero-order valence-corrected chi connectivity index (χ0v) is 11.8. The van der Waals surface area contributed by atoms with Gasteiger partial charge in [-0.25, -0.2) is 4.79 Å². The Morgan fingerprint density at radius 1 is 1.30 bits per heavy atom. The first-order valence-electron chi connectivity index (χ1n) is 6.40. The number of aromatic carboxylic acids is 1. The fourth-order valence-electron chi connectivity index (χ4n) is 2.37. The van der Waals surface area contributed by atoms with E-state index in [-0.39, 0.29) is 12.1 Å². The molecule has 5 heteroatoms. The Morgan fingerprint density at radius 2 is 2.00 bits per heavy atom. The molecule has 0 saturated heterocycles. The van der Waals surface area contributed by atoms with Gasteiger partial charge in [-0.3, -0.25) is 4.79 Å². The van der Waals surface area contributed by atoms with Crippen molar-refractivity contribution in [3.8, 4) is 0 Å². The number of aromatic nitrogens is 1. The normalized spacial score (nSPS) is 10.8. The van der Waals surface area contributed by atoms with Crippen molar-refractivity contribution in [3.05, 3.63) is 35.0 Å². The van der Waals surface area contributed by atoms with Gasteiger partial charge < -0.3 is 14.4 Å². The molecule has 5 nitrogen and oxygen atoms in total. The highest BCUT2D eigenvalue weighted by atomic mass is 16.5. The van der Waals surface area contributed by atoms with Crippen molar-refractivity contribution in [2.75, 3.05) is 7.11 Å². The molecule has 0 aliphatic rings. The highest BCUT2D eigenvalue weighted by Crippen LogP contribution is 2.26. The maximum atomic E-state index is 11.5. The number of fused-ring (bicyclic) bond motifs is 1. The Bertz CT molecular complexity index is 685. The van der Waals surface area contributed by atoms with Gasteiger partial charge in [0, 0.05) is 11.1 Å². The van der Waals surface area contributed by atoms with E-state index < -0.39 is 11.9 Å². The molecule has 1 N–H and O–H groups in total. The predicted octanol–water partition coefficient (Wildman–Crippen LogP) is 2.38. The van der Waals surface area contributed by atoms with Crippen LogP contribution in [-0.2, 0) is 22.5 Å². The summed E-state index contributed by atoms with van der Waals surface area (Å²) < 4.78 is 6.35. The molecule has 0 unspecified atom stereocenters. The summed E-state index contributed by atoms with van der Waals surface area (Å²) in [4.78, 5) is 23.0. The number of nitrogens with zero attached hydrogens (tertiary/aromatic N) is 1. The molecule has 0 radical (unpaired) electrons. The second-order valence-electron chi connectivity index (χ2n) is 4.69. The quantitative estimate of drug-likeness (QED) is 0.870. The SMILES string of the molecule is CCc1cc(C(=O)O)c2c(c1)cc(C)n2CC(=O)OC. The molecule has 106 valence electrons. The average molecular weight is 275 g/mol. The summed E-state index contributed by atoms with van der Waals surface area (Å²) in [5.74, 6) is -1.39. The monoisotopic (exact) mass is 275 g/mol. The van der Waals surface area contributed by atoms with Gasteiger partial charge in [-0.2, -0.15) is 0 Å². The number of ether oxygens (including phenoxy) is 1. The van der Waals surface area contributed by atoms with Gasteiger partial charge in [0.2, 0.25) is 0 Å². The average Bonchev–Trinajstić information content (AvgIpc) is 2.73. The van der Waals surface area contributed by atoms with Crippen molar-refractivity contribution in [1.82, 2.24) is 4.57 Å². The first-order chi connectivity index (χ1) is 9.47. The van der Waals surface area contributed by atoms with Crippen molar-refractivity contribution in [2.24, 2.45) is 0 Å². The van der Waals surface area contributed by atoms with Gasteiger partial charge in [-0.1, -0.05) is 6.92 Å². The van der Waals surface area contributed by atoms with E-state index in [1.165, 1.54) is 7.11 Å². The Labute approximate surface area is 116 Å². The molecule has 0 amide bonds. The molecular weight excluding hydrogens is 258 g/mol. The third kappa shape index (κ3) is 2.39. The van der Waals surface area contributed by atoms with Gasteiger partial charge in [-0.05, 0) is 37.1 Å². The molecule has 0 bridgehead atoms. The number of methoxy groups -OCH3 is 1. The van der Waals surface area contributed by atoms with Crippen molar-refractivity contribution in [1.29, 1.82) is 0 Å². The summed E-state index contributed by atoms with van der Waals surface area (Å²) in [6.07, 6.45) is 0.761. The van der Waals surface area contributed by atoms with E-state index in [1.807, 2.05) is 26.0 Å². The maximum Gasteiger partial charge on any atom is 0.337 e. The zero-order chi connectivity index (χ0) is 14.9. The molecule has 2 aromatic rings. The van der Waals surface area contributed by atoms with E-state index in [4.69, 9.17) is 0 Å². The topological polar surface area (TPSA) is 68.5 Å². The smallest absolute Gasteiger partial charge is 0.337 e. The van der Waals surface area contributed by atoms with Crippen molar-refractivity contribution >= 4 is 22.8 Å². The van der Waals surface area contributed by atoms with Crippen LogP contribution in [-0.4, -0.2) is 28.7 Å². The number of rotatable bonds is 4. The Kier molecular flexibility index (Phi) is 3.79. The highest BCUT2D eigenvalue weighted by molar-refractivity contribution is 6.03. The number of aryl methyl sites for hydroxylation is 2. The predicted molar refractivity (Wildman–Crippen MR) is 75.0 cm³/mol. The van der Waals surface area contributed by atoms with Gasteiger partial charge in [0.25, 0.3) is 0 Å². The molecular formula is C15H17NO4. The van der Waals surface area contributed by atoms with Crippen LogP contribution in [0.4, 0.5) is 0 Å². The zero-order valence-electron chi connectivity index (χ0n) is 11.8. The summed E-state index contributed by atoms with van der Waals surface area (Å²) in [5, 5.41) is 10.2. The Hall–Kier alpha value is -2.30. The summed E-state index contributed by atoms with van der Waals surface area (Å²) in [6, 6.07) is 5.52. The van der Waals surface area contributed by atoms with Crippen LogP contribution in [0.2, 0.25) is 0 Å². The lowest BCUT2D eigenvalue weighted by Crippen LogP contribution is -2.14. The summed E-state index contributed by atoms with van der Waals surface area (Å²) in [7, 11) is 1.32. The van der Waals surface area contributed by atoms with Crippen molar-refractivity contribution < 1.29 is 19.4 Å². The molecule has 1 aromatic heterocycles. The number of carboxylic acids is 1. The molecule has 0 atom stereocenters. The molecule has 0 saturated carbocycles. The van der Waals surface area contributed by atoms with Crippen LogP contribution in [0.25, 0.3) is 10.9 Å². The fraction of sp³-hybridized carbons (Fsp3) is 0.333. The van der Waals surface area contributed by atoms with Crippen LogP contribution in [0.5, 0.6) is 0 Å². The summed E-state index contributed by atoms with van der Waals surface area (Å²) >= 11 is 0. The molecule has 0 spiro atoms. The molecule has 0 aliphatic carbocycles. The second kappa shape index (κ2) is 5.36. The standard InChI is InChI=1S/C15H17NO4/c1-4-10-6-11-5-9(2)16(8-13(17)20-3)14(11)12(7-10)15(18)19/h5-7H,4,8H2,1-3H3,(H,18,19). The van der Waals surface area contributed by atoms with Gasteiger partial charge in [0.05, 0.1) is 18.2 Å². The molecule has 20 heavy (non-hydrogen) atoms. The van der Waals surface area contributed by atoms with E-state index in [0.29, 0.717) is 5.52 Å². The third-order valence-electron chi connectivity index (χ3n) is 3.41. The number of carbonyl (C=O) groups excluding carboxylic acids is 1. The Balaban J connectivity index is 2.72. The van der Waals surface area contributed by atoms with E-state index >= 15 is 0 Å². The van der Waals surface area contributed by atoms with Crippen LogP contribution >= 0.6 is 0 Å². The number of hydrogen-bond donors (Lipinski definition) is 1. The number of carboxylic acid groups (broad SMARTS) is 1. The molecule has 1 heterocycles. The summed E-state index contributed by atoms with van der Waals surface area (Å²) in [6.45, 7) is 3.84. The van der Waals surface area contributed by atoms with Crippen LogP contribution in [0.1, 0.15) is 28.5 Å². The van der Waals surface area contributed by atoms with Gasteiger partial charge >= 0.3 is 11.9 Å². The second-order valence-corrected chi connectivity index (χ2v) is 4.69. The van der Waals surface area contributed by atoms with Crippen LogP contribution in [0.15, 0.2) is 18.2 Å². The van der Waals surface area contributed by atoms with E-state index in [1.54, 1.807) is 10.6 Å². The lowest BCUT2D eigenvalue weighted by atomic mass is 10.0. The molecule has 1 aromatic carbocycles. The van der Waals surface area contributed by atoms with Crippen molar-refractivity contribution in [2.45, 2.75) is 26.8 Å².